The summed E-state index contributed by atoms with van der Waals surface area (Å²) < 4.78 is 6.06. The lowest BCUT2D eigenvalue weighted by molar-refractivity contribution is 0.0677. The molecule has 1 aliphatic rings. The van der Waals surface area contributed by atoms with Crippen LogP contribution in [0.2, 0.25) is 0 Å². The Bertz CT molecular complexity index is 704. The summed E-state index contributed by atoms with van der Waals surface area (Å²) in [5, 5.41) is 0. The molecule has 1 atom stereocenters. The molecule has 0 spiro atoms. The van der Waals surface area contributed by atoms with Crippen molar-refractivity contribution >= 4 is 5.91 Å². The SMILES string of the molecule is CCCCN(C(=O)c1nc(-c2ccccc2)oc1C1CC1)C(C)CC. The van der Waals surface area contributed by atoms with Crippen LogP contribution in [0.15, 0.2) is 34.7 Å². The molecule has 1 aliphatic carbocycles. The number of benzene rings is 1. The van der Waals surface area contributed by atoms with Gasteiger partial charge in [-0.05, 0) is 44.7 Å². The predicted molar refractivity (Wildman–Crippen MR) is 99.6 cm³/mol. The van der Waals surface area contributed by atoms with Crippen molar-refractivity contribution in [2.24, 2.45) is 0 Å². The normalized spacial score (nSPS) is 15.2. The van der Waals surface area contributed by atoms with E-state index in [1.807, 2.05) is 35.2 Å². The molecule has 25 heavy (non-hydrogen) atoms. The van der Waals surface area contributed by atoms with Crippen molar-refractivity contribution in [2.45, 2.75) is 64.8 Å². The molecule has 0 saturated heterocycles. The molecule has 0 bridgehead atoms. The third-order valence-electron chi connectivity index (χ3n) is 4.96. The average molecular weight is 340 g/mol. The molecule has 1 aromatic heterocycles. The number of hydrogen-bond donors (Lipinski definition) is 0. The maximum Gasteiger partial charge on any atom is 0.276 e. The average Bonchev–Trinajstić information content (AvgIpc) is 3.40. The molecule has 1 fully saturated rings. The Labute approximate surface area is 150 Å². The van der Waals surface area contributed by atoms with Gasteiger partial charge in [0, 0.05) is 24.1 Å². The van der Waals surface area contributed by atoms with E-state index in [0.29, 0.717) is 17.5 Å². The van der Waals surface area contributed by atoms with E-state index in [2.05, 4.69) is 25.8 Å². The van der Waals surface area contributed by atoms with Gasteiger partial charge in [0.25, 0.3) is 5.91 Å². The highest BCUT2D eigenvalue weighted by Crippen LogP contribution is 2.43. The summed E-state index contributed by atoms with van der Waals surface area (Å²) in [6.07, 6.45) is 5.20. The maximum atomic E-state index is 13.3. The molecule has 1 amide bonds. The van der Waals surface area contributed by atoms with Crippen molar-refractivity contribution in [3.63, 3.8) is 0 Å². The summed E-state index contributed by atoms with van der Waals surface area (Å²) in [5.41, 5.74) is 1.45. The number of carbonyl (C=O) groups is 1. The van der Waals surface area contributed by atoms with Gasteiger partial charge in [0.15, 0.2) is 5.69 Å². The molecule has 4 heteroatoms. The molecule has 1 heterocycles. The van der Waals surface area contributed by atoms with Crippen LogP contribution < -0.4 is 0 Å². The van der Waals surface area contributed by atoms with Gasteiger partial charge in [-0.3, -0.25) is 4.79 Å². The van der Waals surface area contributed by atoms with Crippen molar-refractivity contribution in [3.8, 4) is 11.5 Å². The molecule has 3 rings (SSSR count). The lowest BCUT2D eigenvalue weighted by atomic mass is 10.1. The van der Waals surface area contributed by atoms with Gasteiger partial charge in [-0.15, -0.1) is 0 Å². The molecule has 2 aromatic rings. The van der Waals surface area contributed by atoms with Gasteiger partial charge in [0.05, 0.1) is 0 Å². The van der Waals surface area contributed by atoms with E-state index >= 15 is 0 Å². The fraction of sp³-hybridized carbons (Fsp3) is 0.524. The van der Waals surface area contributed by atoms with Crippen LogP contribution in [0.3, 0.4) is 0 Å². The summed E-state index contributed by atoms with van der Waals surface area (Å²) in [6.45, 7) is 7.17. The smallest absolute Gasteiger partial charge is 0.276 e. The van der Waals surface area contributed by atoms with Gasteiger partial charge in [-0.2, -0.15) is 0 Å². The van der Waals surface area contributed by atoms with Crippen molar-refractivity contribution in [3.05, 3.63) is 41.8 Å². The standard InChI is InChI=1S/C21H28N2O2/c1-4-6-14-23(15(3)5-2)21(24)18-19(16-12-13-16)25-20(22-18)17-10-8-7-9-11-17/h7-11,15-16H,4-6,12-14H2,1-3H3. The third kappa shape index (κ3) is 3.94. The van der Waals surface area contributed by atoms with E-state index in [-0.39, 0.29) is 11.9 Å². The van der Waals surface area contributed by atoms with Crippen LogP contribution in [0.1, 0.15) is 75.0 Å². The first-order valence-electron chi connectivity index (χ1n) is 9.52. The van der Waals surface area contributed by atoms with Gasteiger partial charge >= 0.3 is 0 Å². The molecule has 0 radical (unpaired) electrons. The zero-order valence-electron chi connectivity index (χ0n) is 15.5. The Hall–Kier alpha value is -2.10. The van der Waals surface area contributed by atoms with Crippen LogP contribution in [0.4, 0.5) is 0 Å². The minimum Gasteiger partial charge on any atom is -0.440 e. The quantitative estimate of drug-likeness (QED) is 0.658. The van der Waals surface area contributed by atoms with Crippen LogP contribution >= 0.6 is 0 Å². The summed E-state index contributed by atoms with van der Waals surface area (Å²) in [6, 6.07) is 10.0. The Kier molecular flexibility index (Phi) is 5.57. The number of oxazole rings is 1. The Morgan fingerprint density at radius 2 is 2.00 bits per heavy atom. The monoisotopic (exact) mass is 340 g/mol. The van der Waals surface area contributed by atoms with Gasteiger partial charge < -0.3 is 9.32 Å². The molecule has 1 saturated carbocycles. The summed E-state index contributed by atoms with van der Waals surface area (Å²) in [4.78, 5) is 19.9. The fourth-order valence-electron chi connectivity index (χ4n) is 3.02. The summed E-state index contributed by atoms with van der Waals surface area (Å²) in [7, 11) is 0. The highest BCUT2D eigenvalue weighted by atomic mass is 16.4. The first-order chi connectivity index (χ1) is 12.2. The van der Waals surface area contributed by atoms with Crippen molar-refractivity contribution in [1.29, 1.82) is 0 Å². The number of hydrogen-bond acceptors (Lipinski definition) is 3. The molecule has 134 valence electrons. The minimum atomic E-state index is 0.0237. The van der Waals surface area contributed by atoms with Crippen molar-refractivity contribution in [1.82, 2.24) is 9.88 Å². The minimum absolute atomic E-state index is 0.0237. The first kappa shape index (κ1) is 17.7. The Morgan fingerprint density at radius 1 is 1.28 bits per heavy atom. The molecule has 1 aromatic carbocycles. The van der Waals surface area contributed by atoms with E-state index in [1.165, 1.54) is 0 Å². The number of unbranched alkanes of at least 4 members (excludes halogenated alkanes) is 1. The lowest BCUT2D eigenvalue weighted by Crippen LogP contribution is -2.39. The predicted octanol–water partition coefficient (Wildman–Crippen LogP) is 5.26. The maximum absolute atomic E-state index is 13.3. The number of nitrogens with zero attached hydrogens (tertiary/aromatic N) is 2. The largest absolute Gasteiger partial charge is 0.440 e. The topological polar surface area (TPSA) is 46.3 Å². The van der Waals surface area contributed by atoms with E-state index < -0.39 is 0 Å². The molecule has 1 unspecified atom stereocenters. The molecule has 4 nitrogen and oxygen atoms in total. The van der Waals surface area contributed by atoms with Gasteiger partial charge in [-0.1, -0.05) is 38.5 Å². The first-order valence-corrected chi connectivity index (χ1v) is 9.52. The second-order valence-electron chi connectivity index (χ2n) is 6.98. The van der Waals surface area contributed by atoms with Crippen LogP contribution in [0.25, 0.3) is 11.5 Å². The molecule has 0 N–H and O–H groups in total. The van der Waals surface area contributed by atoms with Crippen LogP contribution in [-0.4, -0.2) is 28.4 Å². The second kappa shape index (κ2) is 7.85. The second-order valence-corrected chi connectivity index (χ2v) is 6.98. The fourth-order valence-corrected chi connectivity index (χ4v) is 3.02. The van der Waals surface area contributed by atoms with Gasteiger partial charge in [0.1, 0.15) is 5.76 Å². The van der Waals surface area contributed by atoms with Gasteiger partial charge in [0.2, 0.25) is 5.89 Å². The lowest BCUT2D eigenvalue weighted by Gasteiger charge is -2.28. The number of amides is 1. The number of aromatic nitrogens is 1. The highest BCUT2D eigenvalue weighted by Gasteiger charge is 2.36. The van der Waals surface area contributed by atoms with E-state index in [0.717, 1.165) is 50.0 Å². The molecular formula is C21H28N2O2. The molecular weight excluding hydrogens is 312 g/mol. The Balaban J connectivity index is 1.93. The highest BCUT2D eigenvalue weighted by molar-refractivity contribution is 5.94. The van der Waals surface area contributed by atoms with Crippen LogP contribution in [0, 0.1) is 0 Å². The van der Waals surface area contributed by atoms with E-state index in [4.69, 9.17) is 4.42 Å². The van der Waals surface area contributed by atoms with Crippen LogP contribution in [-0.2, 0) is 0 Å². The van der Waals surface area contributed by atoms with Gasteiger partial charge in [-0.25, -0.2) is 4.98 Å². The summed E-state index contributed by atoms with van der Waals surface area (Å²) >= 11 is 0. The number of rotatable bonds is 8. The number of carbonyl (C=O) groups excluding carboxylic acids is 1. The van der Waals surface area contributed by atoms with E-state index in [9.17, 15) is 4.79 Å². The van der Waals surface area contributed by atoms with E-state index in [1.54, 1.807) is 0 Å². The van der Waals surface area contributed by atoms with Crippen molar-refractivity contribution < 1.29 is 9.21 Å². The third-order valence-corrected chi connectivity index (χ3v) is 4.96. The Morgan fingerprint density at radius 3 is 2.60 bits per heavy atom. The summed E-state index contributed by atoms with van der Waals surface area (Å²) in [5.74, 6) is 1.73. The van der Waals surface area contributed by atoms with Crippen LogP contribution in [0.5, 0.6) is 0 Å². The zero-order valence-corrected chi connectivity index (χ0v) is 15.5. The molecule has 0 aliphatic heterocycles. The zero-order chi connectivity index (χ0) is 17.8. The van der Waals surface area contributed by atoms with Crippen molar-refractivity contribution in [2.75, 3.05) is 6.54 Å².